The summed E-state index contributed by atoms with van der Waals surface area (Å²) in [6.07, 6.45) is -2.07. The average molecular weight is 287 g/mol. The molecular weight excluding hydrogens is 271 g/mol. The van der Waals surface area contributed by atoms with Crippen LogP contribution in [0.1, 0.15) is 18.5 Å². The van der Waals surface area contributed by atoms with Gasteiger partial charge in [-0.25, -0.2) is 4.98 Å². The van der Waals surface area contributed by atoms with Crippen LogP contribution in [0.3, 0.4) is 0 Å². The van der Waals surface area contributed by atoms with Crippen LogP contribution < -0.4 is 10.6 Å². The molecule has 2 aliphatic rings. The average Bonchev–Trinajstić information content (AvgIpc) is 2.91. The van der Waals surface area contributed by atoms with Gasteiger partial charge in [0.05, 0.1) is 23.7 Å². The molecule has 110 valence electrons. The number of nitrogens with zero attached hydrogens (tertiary/aromatic N) is 2. The Morgan fingerprint density at radius 3 is 2.70 bits per heavy atom. The largest absolute Gasteiger partial charge is 0.433 e. The summed E-state index contributed by atoms with van der Waals surface area (Å²) < 4.78 is 38.2. The van der Waals surface area contributed by atoms with E-state index in [0.717, 1.165) is 25.1 Å². The normalized spacial score (nSPS) is 29.8. The van der Waals surface area contributed by atoms with Crippen molar-refractivity contribution in [2.45, 2.75) is 25.1 Å². The summed E-state index contributed by atoms with van der Waals surface area (Å²) in [5.74, 6) is 0.476. The van der Waals surface area contributed by atoms with E-state index < -0.39 is 11.9 Å². The smallest absolute Gasteiger partial charge is 0.396 e. The fourth-order valence-corrected chi connectivity index (χ4v) is 3.32. The first-order valence-electron chi connectivity index (χ1n) is 6.62. The minimum absolute atomic E-state index is 0.136. The summed E-state index contributed by atoms with van der Waals surface area (Å²) in [5, 5.41) is 9.87. The van der Waals surface area contributed by atoms with Crippen molar-refractivity contribution < 1.29 is 18.3 Å². The molecule has 0 amide bonds. The van der Waals surface area contributed by atoms with Gasteiger partial charge < -0.3 is 15.7 Å². The summed E-state index contributed by atoms with van der Waals surface area (Å²) in [6, 6.07) is 1.00. The highest BCUT2D eigenvalue weighted by molar-refractivity contribution is 5.67. The van der Waals surface area contributed by atoms with Gasteiger partial charge in [-0.05, 0) is 24.8 Å². The number of aliphatic hydroxyl groups excluding tert-OH is 1. The molecule has 1 saturated carbocycles. The van der Waals surface area contributed by atoms with Crippen LogP contribution in [-0.4, -0.2) is 29.3 Å². The Labute approximate surface area is 114 Å². The van der Waals surface area contributed by atoms with Gasteiger partial charge in [-0.1, -0.05) is 0 Å². The molecule has 1 aliphatic carbocycles. The molecule has 3 atom stereocenters. The zero-order chi connectivity index (χ0) is 14.5. The van der Waals surface area contributed by atoms with Gasteiger partial charge in [0, 0.05) is 19.0 Å². The standard InChI is InChI=1S/C13H16F3N3O/c14-13(15,16)12-3-10(9(17)4-18-12)19-5-7-1-2-11(20)8(7)6-19/h3-4,7-8,11,20H,1-2,5-6,17H2. The summed E-state index contributed by atoms with van der Waals surface area (Å²) in [7, 11) is 0. The number of rotatable bonds is 1. The van der Waals surface area contributed by atoms with E-state index in [1.807, 2.05) is 4.90 Å². The van der Waals surface area contributed by atoms with E-state index in [9.17, 15) is 18.3 Å². The third-order valence-corrected chi connectivity index (χ3v) is 4.36. The van der Waals surface area contributed by atoms with Crippen LogP contribution in [0.15, 0.2) is 12.3 Å². The van der Waals surface area contributed by atoms with Crippen LogP contribution in [0, 0.1) is 11.8 Å². The molecule has 2 fully saturated rings. The highest BCUT2D eigenvalue weighted by Crippen LogP contribution is 2.42. The number of nitrogens with two attached hydrogens (primary N) is 1. The Morgan fingerprint density at radius 1 is 1.30 bits per heavy atom. The molecular formula is C13H16F3N3O. The van der Waals surface area contributed by atoms with Crippen molar-refractivity contribution in [2.24, 2.45) is 11.8 Å². The van der Waals surface area contributed by atoms with Gasteiger partial charge in [0.1, 0.15) is 5.69 Å². The van der Waals surface area contributed by atoms with E-state index in [1.54, 1.807) is 0 Å². The molecule has 0 aromatic carbocycles. The number of hydrogen-bond donors (Lipinski definition) is 2. The molecule has 1 aliphatic heterocycles. The van der Waals surface area contributed by atoms with E-state index in [1.165, 1.54) is 0 Å². The van der Waals surface area contributed by atoms with Gasteiger partial charge in [-0.2, -0.15) is 13.2 Å². The molecule has 7 heteroatoms. The minimum atomic E-state index is -4.47. The molecule has 0 bridgehead atoms. The second-order valence-electron chi connectivity index (χ2n) is 5.60. The van der Waals surface area contributed by atoms with Crippen LogP contribution in [0.5, 0.6) is 0 Å². The highest BCUT2D eigenvalue weighted by Gasteiger charge is 2.43. The first kappa shape index (κ1) is 13.5. The van der Waals surface area contributed by atoms with E-state index in [4.69, 9.17) is 5.73 Å². The number of fused-ring (bicyclic) bond motifs is 1. The second kappa shape index (κ2) is 4.51. The highest BCUT2D eigenvalue weighted by atomic mass is 19.4. The molecule has 1 aromatic rings. The number of aromatic nitrogens is 1. The minimum Gasteiger partial charge on any atom is -0.396 e. The third kappa shape index (κ3) is 2.19. The Kier molecular flexibility index (Phi) is 3.04. The fraction of sp³-hybridized carbons (Fsp3) is 0.615. The monoisotopic (exact) mass is 287 g/mol. The topological polar surface area (TPSA) is 62.4 Å². The van der Waals surface area contributed by atoms with Crippen molar-refractivity contribution in [2.75, 3.05) is 23.7 Å². The molecule has 2 heterocycles. The first-order chi connectivity index (χ1) is 9.36. The maximum absolute atomic E-state index is 12.7. The molecule has 20 heavy (non-hydrogen) atoms. The summed E-state index contributed by atoms with van der Waals surface area (Å²) in [4.78, 5) is 5.18. The lowest BCUT2D eigenvalue weighted by atomic mass is 10.00. The van der Waals surface area contributed by atoms with Gasteiger partial charge in [0.15, 0.2) is 0 Å². The van der Waals surface area contributed by atoms with Crippen LogP contribution in [-0.2, 0) is 6.18 Å². The Morgan fingerprint density at radius 2 is 2.05 bits per heavy atom. The second-order valence-corrected chi connectivity index (χ2v) is 5.60. The molecule has 0 radical (unpaired) electrons. The van der Waals surface area contributed by atoms with Crippen LogP contribution in [0.4, 0.5) is 24.5 Å². The Hall–Kier alpha value is -1.50. The number of halogens is 3. The molecule has 3 unspecified atom stereocenters. The van der Waals surface area contributed by atoms with Crippen molar-refractivity contribution >= 4 is 11.4 Å². The molecule has 3 rings (SSSR count). The van der Waals surface area contributed by atoms with Crippen LogP contribution >= 0.6 is 0 Å². The molecule has 0 spiro atoms. The zero-order valence-electron chi connectivity index (χ0n) is 10.8. The lowest BCUT2D eigenvalue weighted by molar-refractivity contribution is -0.141. The molecule has 3 N–H and O–H groups in total. The SMILES string of the molecule is Nc1cnc(C(F)(F)F)cc1N1CC2CCC(O)C2C1. The number of anilines is 2. The van der Waals surface area contributed by atoms with Crippen molar-refractivity contribution in [3.8, 4) is 0 Å². The lowest BCUT2D eigenvalue weighted by Gasteiger charge is -2.23. The predicted octanol–water partition coefficient (Wildman–Crippen LogP) is 1.89. The molecule has 4 nitrogen and oxygen atoms in total. The fourth-order valence-electron chi connectivity index (χ4n) is 3.32. The van der Waals surface area contributed by atoms with Crippen molar-refractivity contribution in [3.63, 3.8) is 0 Å². The van der Waals surface area contributed by atoms with E-state index >= 15 is 0 Å². The molecule has 1 saturated heterocycles. The van der Waals surface area contributed by atoms with Crippen LogP contribution in [0.2, 0.25) is 0 Å². The lowest BCUT2D eigenvalue weighted by Crippen LogP contribution is -2.25. The number of alkyl halides is 3. The van der Waals surface area contributed by atoms with Gasteiger partial charge in [0.25, 0.3) is 0 Å². The molecule has 1 aromatic heterocycles. The summed E-state index contributed by atoms with van der Waals surface area (Å²) in [5.41, 5.74) is 5.44. The first-order valence-corrected chi connectivity index (χ1v) is 6.62. The third-order valence-electron chi connectivity index (χ3n) is 4.36. The number of nitrogen functional groups attached to an aromatic ring is 1. The van der Waals surface area contributed by atoms with Crippen molar-refractivity contribution in [3.05, 3.63) is 18.0 Å². The predicted molar refractivity (Wildman–Crippen MR) is 68.1 cm³/mol. The maximum Gasteiger partial charge on any atom is 0.433 e. The summed E-state index contributed by atoms with van der Waals surface area (Å²) in [6.45, 7) is 1.20. The number of aliphatic hydroxyl groups is 1. The number of pyridine rings is 1. The Bertz CT molecular complexity index is 520. The van der Waals surface area contributed by atoms with Gasteiger partial charge in [-0.15, -0.1) is 0 Å². The van der Waals surface area contributed by atoms with E-state index in [2.05, 4.69) is 4.98 Å². The maximum atomic E-state index is 12.7. The quantitative estimate of drug-likeness (QED) is 0.828. The van der Waals surface area contributed by atoms with Gasteiger partial charge >= 0.3 is 6.18 Å². The van der Waals surface area contributed by atoms with Gasteiger partial charge in [0.2, 0.25) is 0 Å². The number of hydrogen-bond acceptors (Lipinski definition) is 4. The Balaban J connectivity index is 1.88. The van der Waals surface area contributed by atoms with E-state index in [-0.39, 0.29) is 17.7 Å². The van der Waals surface area contributed by atoms with Crippen molar-refractivity contribution in [1.29, 1.82) is 0 Å². The van der Waals surface area contributed by atoms with Gasteiger partial charge in [-0.3, -0.25) is 0 Å². The summed E-state index contributed by atoms with van der Waals surface area (Å²) >= 11 is 0. The van der Waals surface area contributed by atoms with Crippen LogP contribution in [0.25, 0.3) is 0 Å². The van der Waals surface area contributed by atoms with Crippen molar-refractivity contribution in [1.82, 2.24) is 4.98 Å². The zero-order valence-corrected chi connectivity index (χ0v) is 10.8. The van der Waals surface area contributed by atoms with E-state index in [0.29, 0.717) is 24.7 Å².